The van der Waals surface area contributed by atoms with Gasteiger partial charge in [0.05, 0.1) is 25.5 Å². The van der Waals surface area contributed by atoms with Crippen LogP contribution in [0.15, 0.2) is 53.4 Å². The zero-order valence-corrected chi connectivity index (χ0v) is 17.0. The van der Waals surface area contributed by atoms with Crippen LogP contribution in [0.4, 0.5) is 5.69 Å². The number of nitrogens with zero attached hydrogens (tertiary/aromatic N) is 1. The Labute approximate surface area is 164 Å². The highest BCUT2D eigenvalue weighted by Gasteiger charge is 2.32. The second kappa shape index (κ2) is 8.88. The van der Waals surface area contributed by atoms with Gasteiger partial charge in [0.15, 0.2) is 0 Å². The first-order valence-corrected chi connectivity index (χ1v) is 10.0. The number of carbonyl (C=O) groups is 2. The zero-order valence-electron chi connectivity index (χ0n) is 16.2. The molecule has 0 amide bonds. The topological polar surface area (TPSA) is 90.0 Å². The molecule has 2 rings (SSSR count). The monoisotopic (exact) mass is 405 g/mol. The molecular formula is C20H23NO6S. The molecule has 0 N–H and O–H groups in total. The van der Waals surface area contributed by atoms with Crippen LogP contribution in [-0.4, -0.2) is 41.1 Å². The average Bonchev–Trinajstić information content (AvgIpc) is 2.70. The summed E-state index contributed by atoms with van der Waals surface area (Å²) < 4.78 is 37.4. The minimum atomic E-state index is -4.27. The molecule has 0 aliphatic carbocycles. The number of anilines is 1. The van der Waals surface area contributed by atoms with Crippen LogP contribution < -0.4 is 4.31 Å². The molecule has 0 heterocycles. The van der Waals surface area contributed by atoms with Gasteiger partial charge in [0.2, 0.25) is 0 Å². The molecule has 7 nitrogen and oxygen atoms in total. The Balaban J connectivity index is 2.72. The smallest absolute Gasteiger partial charge is 0.339 e. The van der Waals surface area contributed by atoms with E-state index in [2.05, 4.69) is 0 Å². The second-order valence-electron chi connectivity index (χ2n) is 6.29. The number of rotatable bonds is 7. The molecule has 0 aliphatic rings. The Morgan fingerprint density at radius 2 is 1.57 bits per heavy atom. The highest BCUT2D eigenvalue weighted by molar-refractivity contribution is 7.93. The molecular weight excluding hydrogens is 382 g/mol. The van der Waals surface area contributed by atoms with Gasteiger partial charge in [-0.25, -0.2) is 13.2 Å². The third-order valence-electron chi connectivity index (χ3n) is 4.19. The maximum atomic E-state index is 13.5. The summed E-state index contributed by atoms with van der Waals surface area (Å²) in [7, 11) is -1.91. The lowest BCUT2D eigenvalue weighted by molar-refractivity contribution is -0.138. The lowest BCUT2D eigenvalue weighted by Crippen LogP contribution is -2.37. The van der Waals surface area contributed by atoms with Crippen LogP contribution >= 0.6 is 0 Å². The summed E-state index contributed by atoms with van der Waals surface area (Å²) in [6.45, 7) is 3.31. The lowest BCUT2D eigenvalue weighted by atomic mass is 10.0. The first kappa shape index (κ1) is 21.4. The largest absolute Gasteiger partial charge is 0.468 e. The molecule has 2 aromatic carbocycles. The van der Waals surface area contributed by atoms with E-state index in [4.69, 9.17) is 9.47 Å². The molecule has 8 heteroatoms. The zero-order chi connectivity index (χ0) is 20.9. The minimum Gasteiger partial charge on any atom is -0.468 e. The standard InChI is InChI=1S/C20H23NO6S/c1-14(2)15-9-5-7-11-17(15)21(13-19(22)26-3)28(24,25)18-12-8-6-10-16(18)20(23)27-4/h5-12,14H,13H2,1-4H3. The molecule has 0 atom stereocenters. The van der Waals surface area contributed by atoms with Crippen LogP contribution in [-0.2, 0) is 24.3 Å². The predicted molar refractivity (Wildman–Crippen MR) is 105 cm³/mol. The van der Waals surface area contributed by atoms with Crippen LogP contribution in [0.3, 0.4) is 0 Å². The van der Waals surface area contributed by atoms with E-state index < -0.39 is 28.5 Å². The quantitative estimate of drug-likeness (QED) is 0.658. The summed E-state index contributed by atoms with van der Waals surface area (Å²) in [5.74, 6) is -1.51. The molecule has 2 aromatic rings. The molecule has 0 bridgehead atoms. The van der Waals surface area contributed by atoms with E-state index in [1.165, 1.54) is 38.5 Å². The molecule has 0 saturated heterocycles. The molecule has 0 unspecified atom stereocenters. The third kappa shape index (κ3) is 4.33. The van der Waals surface area contributed by atoms with E-state index >= 15 is 0 Å². The average molecular weight is 405 g/mol. The van der Waals surface area contributed by atoms with Crippen molar-refractivity contribution in [3.63, 3.8) is 0 Å². The van der Waals surface area contributed by atoms with Crippen LogP contribution in [0.5, 0.6) is 0 Å². The first-order valence-electron chi connectivity index (χ1n) is 8.59. The van der Waals surface area contributed by atoms with Crippen molar-refractivity contribution in [3.05, 3.63) is 59.7 Å². The van der Waals surface area contributed by atoms with Gasteiger partial charge >= 0.3 is 11.9 Å². The van der Waals surface area contributed by atoms with Gasteiger partial charge in [0.1, 0.15) is 11.4 Å². The van der Waals surface area contributed by atoms with Crippen molar-refractivity contribution in [2.24, 2.45) is 0 Å². The number of esters is 2. The van der Waals surface area contributed by atoms with Gasteiger partial charge in [-0.1, -0.05) is 44.2 Å². The molecule has 150 valence electrons. The number of hydrogen-bond acceptors (Lipinski definition) is 6. The van der Waals surface area contributed by atoms with Gasteiger partial charge in [0.25, 0.3) is 10.0 Å². The Hall–Kier alpha value is -2.87. The maximum absolute atomic E-state index is 13.5. The number of para-hydroxylation sites is 1. The number of ether oxygens (including phenoxy) is 2. The normalized spacial score (nSPS) is 11.2. The highest BCUT2D eigenvalue weighted by atomic mass is 32.2. The van der Waals surface area contributed by atoms with Crippen molar-refractivity contribution in [1.29, 1.82) is 0 Å². The van der Waals surface area contributed by atoms with E-state index in [0.717, 1.165) is 9.87 Å². The molecule has 0 radical (unpaired) electrons. The van der Waals surface area contributed by atoms with E-state index in [9.17, 15) is 18.0 Å². The Morgan fingerprint density at radius 3 is 2.18 bits per heavy atom. The van der Waals surface area contributed by atoms with Crippen LogP contribution in [0.1, 0.15) is 35.7 Å². The summed E-state index contributed by atoms with van der Waals surface area (Å²) in [5, 5.41) is 0. The molecule has 0 aromatic heterocycles. The van der Waals surface area contributed by atoms with E-state index in [1.807, 2.05) is 13.8 Å². The minimum absolute atomic E-state index is 0.00222. The molecule has 0 fully saturated rings. The van der Waals surface area contributed by atoms with Gasteiger partial charge in [-0.3, -0.25) is 9.10 Å². The molecule has 28 heavy (non-hydrogen) atoms. The number of methoxy groups -OCH3 is 2. The van der Waals surface area contributed by atoms with Crippen molar-refractivity contribution in [3.8, 4) is 0 Å². The SMILES string of the molecule is COC(=O)CN(c1ccccc1C(C)C)S(=O)(=O)c1ccccc1C(=O)OC. The fourth-order valence-electron chi connectivity index (χ4n) is 2.77. The number of hydrogen-bond donors (Lipinski definition) is 0. The maximum Gasteiger partial charge on any atom is 0.339 e. The number of benzene rings is 2. The van der Waals surface area contributed by atoms with Crippen molar-refractivity contribution in [2.45, 2.75) is 24.7 Å². The van der Waals surface area contributed by atoms with Gasteiger partial charge < -0.3 is 9.47 Å². The summed E-state index contributed by atoms with van der Waals surface area (Å²) >= 11 is 0. The fourth-order valence-corrected chi connectivity index (χ4v) is 4.39. The molecule has 0 spiro atoms. The van der Waals surface area contributed by atoms with Gasteiger partial charge in [0, 0.05) is 0 Å². The Kier molecular flexibility index (Phi) is 6.80. The third-order valence-corrected chi connectivity index (χ3v) is 6.01. The van der Waals surface area contributed by atoms with Crippen LogP contribution in [0.2, 0.25) is 0 Å². The molecule has 0 saturated carbocycles. The van der Waals surface area contributed by atoms with Crippen LogP contribution in [0.25, 0.3) is 0 Å². The summed E-state index contributed by atoms with van der Waals surface area (Å²) in [6.07, 6.45) is 0. The van der Waals surface area contributed by atoms with Crippen molar-refractivity contribution >= 4 is 27.6 Å². The van der Waals surface area contributed by atoms with Crippen molar-refractivity contribution in [2.75, 3.05) is 25.1 Å². The lowest BCUT2D eigenvalue weighted by Gasteiger charge is -2.27. The van der Waals surface area contributed by atoms with Crippen molar-refractivity contribution in [1.82, 2.24) is 0 Å². The second-order valence-corrected chi connectivity index (χ2v) is 8.12. The number of carbonyl (C=O) groups excluding carboxylic acids is 2. The molecule has 0 aliphatic heterocycles. The number of sulfonamides is 1. The van der Waals surface area contributed by atoms with E-state index in [-0.39, 0.29) is 16.4 Å². The predicted octanol–water partition coefficient (Wildman–Crippen LogP) is 2.96. The summed E-state index contributed by atoms with van der Waals surface area (Å²) in [5.41, 5.74) is 0.981. The first-order chi connectivity index (χ1) is 13.2. The Morgan fingerprint density at radius 1 is 0.964 bits per heavy atom. The Bertz CT molecular complexity index is 968. The van der Waals surface area contributed by atoms with Crippen LogP contribution in [0, 0.1) is 0 Å². The van der Waals surface area contributed by atoms with E-state index in [0.29, 0.717) is 5.69 Å². The fraction of sp³-hybridized carbons (Fsp3) is 0.300. The van der Waals surface area contributed by atoms with Gasteiger partial charge in [-0.05, 0) is 29.7 Å². The summed E-state index contributed by atoms with van der Waals surface area (Å²) in [6, 6.07) is 12.6. The van der Waals surface area contributed by atoms with E-state index in [1.54, 1.807) is 24.3 Å². The highest BCUT2D eigenvalue weighted by Crippen LogP contribution is 2.32. The van der Waals surface area contributed by atoms with Gasteiger partial charge in [-0.2, -0.15) is 0 Å². The van der Waals surface area contributed by atoms with Crippen molar-refractivity contribution < 1.29 is 27.5 Å². The van der Waals surface area contributed by atoms with Gasteiger partial charge in [-0.15, -0.1) is 0 Å². The summed E-state index contributed by atoms with van der Waals surface area (Å²) in [4.78, 5) is 23.9.